The second kappa shape index (κ2) is 22.4. The Kier molecular flexibility index (Phi) is 18.7. The Balaban J connectivity index is 0.000000147. The molecule has 57 heavy (non-hydrogen) atoms. The summed E-state index contributed by atoms with van der Waals surface area (Å²) < 4.78 is 22.9. The Morgan fingerprint density at radius 3 is 1.30 bits per heavy atom. The quantitative estimate of drug-likeness (QED) is 0.122. The van der Waals surface area contributed by atoms with Gasteiger partial charge in [-0.1, -0.05) is 102 Å². The molecule has 8 saturated carbocycles. The van der Waals surface area contributed by atoms with E-state index in [1.807, 2.05) is 7.11 Å². The minimum atomic E-state index is 0.0203. The van der Waals surface area contributed by atoms with Gasteiger partial charge in [0.15, 0.2) is 0 Å². The molecule has 0 spiro atoms. The first-order valence-electron chi connectivity index (χ1n) is 25.3. The van der Waals surface area contributed by atoms with Crippen LogP contribution in [0.5, 0.6) is 0 Å². The van der Waals surface area contributed by atoms with Gasteiger partial charge in [-0.25, -0.2) is 0 Å². The van der Waals surface area contributed by atoms with Crippen molar-refractivity contribution in [1.82, 2.24) is 0 Å². The lowest BCUT2D eigenvalue weighted by Crippen LogP contribution is -2.30. The van der Waals surface area contributed by atoms with Crippen LogP contribution >= 0.6 is 0 Å². The van der Waals surface area contributed by atoms with Crippen molar-refractivity contribution >= 4 is 5.97 Å². The van der Waals surface area contributed by atoms with Crippen LogP contribution in [0, 0.1) is 101 Å². The van der Waals surface area contributed by atoms with Gasteiger partial charge < -0.3 is 18.9 Å². The Hall–Kier alpha value is -0.650. The molecule has 0 aromatic heterocycles. The van der Waals surface area contributed by atoms with Crippen LogP contribution in [0.15, 0.2) is 0 Å². The van der Waals surface area contributed by atoms with Crippen LogP contribution < -0.4 is 0 Å². The zero-order valence-electron chi connectivity index (χ0n) is 39.5. The van der Waals surface area contributed by atoms with Gasteiger partial charge in [-0.05, 0) is 171 Å². The topological polar surface area (TPSA) is 54.0 Å². The van der Waals surface area contributed by atoms with Gasteiger partial charge in [-0.3, -0.25) is 4.79 Å². The smallest absolute Gasteiger partial charge is 0.305 e. The summed E-state index contributed by atoms with van der Waals surface area (Å²) in [7, 11) is 1.86. The fourth-order valence-corrected chi connectivity index (χ4v) is 14.2. The zero-order valence-corrected chi connectivity index (χ0v) is 39.5. The summed E-state index contributed by atoms with van der Waals surface area (Å²) in [4.78, 5) is 11.6. The fraction of sp³-hybridized carbons (Fsp3) is 0.981. The van der Waals surface area contributed by atoms with E-state index in [-0.39, 0.29) is 5.97 Å². The maximum Gasteiger partial charge on any atom is 0.305 e. The monoisotopic (exact) mass is 799 g/mol. The standard InChI is InChI=1S/C16H28O2.C14H26O.C12H22O.C10H18O/c1-4-5-6-7-16(17)18-10-14-8-13-9-15(14)12(3)11(13)2;1-4-5-6-7-15-14-9-12-8-13(14)11(3)10(12)2;1-4-5-13-12-7-10-6-11(12)9(3)8(10)2;1-6-7(2)9-4-8(6)5-10(9)11-3/h11-15H,4-10H2,1-3H3;10-14H,4-9H2,1-3H3;8-12H,4-7H2,1-3H3;6-10H,4-5H2,1-3H3. The zero-order chi connectivity index (χ0) is 41.4. The van der Waals surface area contributed by atoms with Crippen molar-refractivity contribution in [1.29, 1.82) is 0 Å². The molecule has 8 rings (SSSR count). The molecular weight excluding hydrogens is 705 g/mol. The number of carbonyl (C=O) groups excluding carboxylic acids is 1. The molecule has 20 unspecified atom stereocenters. The van der Waals surface area contributed by atoms with Gasteiger partial charge in [0.1, 0.15) is 0 Å². The molecule has 8 bridgehead atoms. The van der Waals surface area contributed by atoms with Crippen LogP contribution in [0.2, 0.25) is 0 Å². The largest absolute Gasteiger partial charge is 0.465 e. The highest BCUT2D eigenvalue weighted by Gasteiger charge is 2.51. The van der Waals surface area contributed by atoms with Gasteiger partial charge in [0.05, 0.1) is 24.9 Å². The molecule has 0 aromatic rings. The van der Waals surface area contributed by atoms with E-state index in [1.54, 1.807) is 0 Å². The van der Waals surface area contributed by atoms with Crippen molar-refractivity contribution in [3.63, 3.8) is 0 Å². The van der Waals surface area contributed by atoms with E-state index in [0.717, 1.165) is 134 Å². The molecule has 0 aromatic carbocycles. The average molecular weight is 799 g/mol. The third-order valence-electron chi connectivity index (χ3n) is 18.9. The van der Waals surface area contributed by atoms with Gasteiger partial charge in [0, 0.05) is 26.7 Å². The van der Waals surface area contributed by atoms with Crippen LogP contribution in [0.25, 0.3) is 0 Å². The highest BCUT2D eigenvalue weighted by Crippen LogP contribution is 2.56. The first-order valence-corrected chi connectivity index (χ1v) is 25.3. The molecule has 8 fully saturated rings. The normalized spacial score (nSPS) is 45.3. The Morgan fingerprint density at radius 1 is 0.456 bits per heavy atom. The number of hydrogen-bond acceptors (Lipinski definition) is 5. The van der Waals surface area contributed by atoms with Crippen molar-refractivity contribution in [2.24, 2.45) is 101 Å². The van der Waals surface area contributed by atoms with Crippen LogP contribution in [-0.4, -0.2) is 51.2 Å². The summed E-state index contributed by atoms with van der Waals surface area (Å²) in [6, 6.07) is 0. The molecule has 0 N–H and O–H groups in total. The maximum absolute atomic E-state index is 11.6. The molecule has 0 radical (unpaired) electrons. The van der Waals surface area contributed by atoms with Gasteiger partial charge in [-0.2, -0.15) is 0 Å². The molecule has 8 aliphatic carbocycles. The summed E-state index contributed by atoms with van der Waals surface area (Å²) >= 11 is 0. The lowest BCUT2D eigenvalue weighted by atomic mass is 9.76. The average Bonchev–Trinajstić information content (AvgIpc) is 4.10. The Bertz CT molecular complexity index is 1160. The molecule has 332 valence electrons. The van der Waals surface area contributed by atoms with Crippen molar-refractivity contribution in [3.8, 4) is 0 Å². The molecule has 0 heterocycles. The summed E-state index contributed by atoms with van der Waals surface area (Å²) in [5.41, 5.74) is 0. The number of esters is 1. The number of hydrogen-bond donors (Lipinski definition) is 0. The summed E-state index contributed by atoms with van der Waals surface area (Å²) in [5.74, 6) is 15.2. The first kappa shape index (κ1) is 47.4. The molecule has 0 saturated heterocycles. The Labute approximate surface area is 353 Å². The third-order valence-corrected chi connectivity index (χ3v) is 18.9. The lowest BCUT2D eigenvalue weighted by Gasteiger charge is -2.31. The van der Waals surface area contributed by atoms with E-state index in [2.05, 4.69) is 76.2 Å². The fourth-order valence-electron chi connectivity index (χ4n) is 14.2. The maximum atomic E-state index is 11.6. The number of fused-ring (bicyclic) bond motifs is 8. The van der Waals surface area contributed by atoms with Crippen molar-refractivity contribution in [2.75, 3.05) is 26.9 Å². The summed E-state index contributed by atoms with van der Waals surface area (Å²) in [5, 5.41) is 0. The first-order chi connectivity index (χ1) is 27.3. The molecule has 8 aliphatic rings. The van der Waals surface area contributed by atoms with Crippen molar-refractivity contribution in [3.05, 3.63) is 0 Å². The van der Waals surface area contributed by atoms with Gasteiger partial charge in [-0.15, -0.1) is 0 Å². The predicted molar refractivity (Wildman–Crippen MR) is 237 cm³/mol. The minimum absolute atomic E-state index is 0.0203. The number of ether oxygens (including phenoxy) is 4. The number of unbranched alkanes of at least 4 members (excludes halogenated alkanes) is 4. The highest BCUT2D eigenvalue weighted by atomic mass is 16.5. The van der Waals surface area contributed by atoms with E-state index in [1.165, 1.54) is 70.6 Å². The molecule has 20 atom stereocenters. The molecular formula is C52H94O5. The Morgan fingerprint density at radius 2 is 0.877 bits per heavy atom. The van der Waals surface area contributed by atoms with E-state index >= 15 is 0 Å². The van der Waals surface area contributed by atoms with Crippen LogP contribution in [0.1, 0.15) is 179 Å². The van der Waals surface area contributed by atoms with Gasteiger partial charge >= 0.3 is 5.97 Å². The van der Waals surface area contributed by atoms with Gasteiger partial charge in [0.25, 0.3) is 0 Å². The van der Waals surface area contributed by atoms with Gasteiger partial charge in [0.2, 0.25) is 0 Å². The van der Waals surface area contributed by atoms with Crippen LogP contribution in [0.4, 0.5) is 0 Å². The highest BCUT2D eigenvalue weighted by molar-refractivity contribution is 5.69. The summed E-state index contributed by atoms with van der Waals surface area (Å²) in [6.45, 7) is 28.5. The second-order valence-electron chi connectivity index (χ2n) is 21.7. The number of carbonyl (C=O) groups is 1. The van der Waals surface area contributed by atoms with E-state index in [0.29, 0.717) is 37.3 Å². The van der Waals surface area contributed by atoms with Crippen molar-refractivity contribution in [2.45, 2.75) is 197 Å². The lowest BCUT2D eigenvalue weighted by molar-refractivity contribution is -0.146. The van der Waals surface area contributed by atoms with Crippen LogP contribution in [-0.2, 0) is 23.7 Å². The molecule has 0 amide bonds. The number of methoxy groups -OCH3 is 1. The van der Waals surface area contributed by atoms with Crippen LogP contribution in [0.3, 0.4) is 0 Å². The van der Waals surface area contributed by atoms with E-state index in [9.17, 15) is 4.79 Å². The SMILES string of the molecule is CCCCCC(=O)OCC1CC2CC1C(C)C2C.CCCCCOC1CC2CC1C(C)C2C.CCCOC1CC2CC1C(C)C2C.COC1CC2CC1C(C)C2C. The summed E-state index contributed by atoms with van der Waals surface area (Å²) in [6.07, 6.45) is 21.8. The minimum Gasteiger partial charge on any atom is -0.465 e. The second-order valence-corrected chi connectivity index (χ2v) is 21.7. The molecule has 0 aliphatic heterocycles. The van der Waals surface area contributed by atoms with Crippen molar-refractivity contribution < 1.29 is 23.7 Å². The molecule has 5 nitrogen and oxygen atoms in total. The predicted octanol–water partition coefficient (Wildman–Crippen LogP) is 13.3. The third kappa shape index (κ3) is 11.4. The molecule has 5 heteroatoms. The van der Waals surface area contributed by atoms with E-state index < -0.39 is 0 Å². The van der Waals surface area contributed by atoms with E-state index in [4.69, 9.17) is 18.9 Å². The number of rotatable bonds is 15.